The zero-order chi connectivity index (χ0) is 15.0. The molecule has 7 heteroatoms. The molecule has 0 bridgehead atoms. The summed E-state index contributed by atoms with van der Waals surface area (Å²) in [5.41, 5.74) is 0. The van der Waals surface area contributed by atoms with Gasteiger partial charge in [0.15, 0.2) is 0 Å². The van der Waals surface area contributed by atoms with Crippen LogP contribution < -0.4 is 16.0 Å². The molecule has 0 aliphatic rings. The number of hydrogen-bond acceptors (Lipinski definition) is 3. The van der Waals surface area contributed by atoms with E-state index in [9.17, 15) is 14.4 Å². The number of amides is 3. The van der Waals surface area contributed by atoms with E-state index in [2.05, 4.69) is 16.0 Å². The maximum Gasteiger partial charge on any atom is 0.315 e. The molecule has 0 aliphatic heterocycles. The average molecular weight is 273 g/mol. The molecule has 0 aromatic carbocycles. The monoisotopic (exact) mass is 273 g/mol. The summed E-state index contributed by atoms with van der Waals surface area (Å²) < 4.78 is 0. The van der Waals surface area contributed by atoms with Crippen molar-refractivity contribution in [3.8, 4) is 0 Å². The zero-order valence-corrected chi connectivity index (χ0v) is 11.8. The highest BCUT2D eigenvalue weighted by Crippen LogP contribution is 1.97. The number of hydrogen-bond donors (Lipinski definition) is 4. The van der Waals surface area contributed by atoms with Crippen LogP contribution in [0.1, 0.15) is 40.5 Å². The topological polar surface area (TPSA) is 108 Å². The summed E-state index contributed by atoms with van der Waals surface area (Å²) in [4.78, 5) is 33.7. The molecule has 0 radical (unpaired) electrons. The number of nitrogens with one attached hydrogen (secondary N) is 3. The van der Waals surface area contributed by atoms with Crippen LogP contribution in [0.15, 0.2) is 0 Å². The molecule has 0 aromatic rings. The molecule has 110 valence electrons. The van der Waals surface area contributed by atoms with E-state index in [1.54, 1.807) is 13.8 Å². The van der Waals surface area contributed by atoms with Crippen LogP contribution >= 0.6 is 0 Å². The molecule has 19 heavy (non-hydrogen) atoms. The smallest absolute Gasteiger partial charge is 0.315 e. The Bertz CT molecular complexity index is 331. The summed E-state index contributed by atoms with van der Waals surface area (Å²) in [5.74, 6) is -1.26. The summed E-state index contributed by atoms with van der Waals surface area (Å²) in [7, 11) is 0. The molecule has 0 spiro atoms. The van der Waals surface area contributed by atoms with E-state index < -0.39 is 24.1 Å². The molecule has 7 nitrogen and oxygen atoms in total. The highest BCUT2D eigenvalue weighted by atomic mass is 16.4. The van der Waals surface area contributed by atoms with Gasteiger partial charge in [-0.1, -0.05) is 6.92 Å². The van der Waals surface area contributed by atoms with Crippen LogP contribution in [0.3, 0.4) is 0 Å². The van der Waals surface area contributed by atoms with Gasteiger partial charge in [-0.05, 0) is 27.2 Å². The van der Waals surface area contributed by atoms with E-state index in [-0.39, 0.29) is 18.4 Å². The van der Waals surface area contributed by atoms with Crippen LogP contribution in [-0.4, -0.2) is 41.1 Å². The first-order valence-corrected chi connectivity index (χ1v) is 6.35. The van der Waals surface area contributed by atoms with Crippen molar-refractivity contribution in [3.05, 3.63) is 0 Å². The van der Waals surface area contributed by atoms with Crippen molar-refractivity contribution in [2.24, 2.45) is 0 Å². The minimum absolute atomic E-state index is 0.00443. The Morgan fingerprint density at radius 1 is 1.05 bits per heavy atom. The molecule has 0 saturated carbocycles. The Labute approximate surface area is 113 Å². The summed E-state index contributed by atoms with van der Waals surface area (Å²) in [5, 5.41) is 16.3. The predicted molar refractivity (Wildman–Crippen MR) is 70.7 cm³/mol. The third kappa shape index (κ3) is 8.01. The maximum absolute atomic E-state index is 11.6. The molecule has 0 fully saturated rings. The lowest BCUT2D eigenvalue weighted by Crippen LogP contribution is -2.51. The lowest BCUT2D eigenvalue weighted by atomic mass is 10.1. The Balaban J connectivity index is 4.21. The first-order valence-electron chi connectivity index (χ1n) is 6.35. The molecule has 3 amide bonds. The predicted octanol–water partition coefficient (Wildman–Crippen LogP) is 0.452. The van der Waals surface area contributed by atoms with Gasteiger partial charge in [-0.25, -0.2) is 4.79 Å². The van der Waals surface area contributed by atoms with Crippen molar-refractivity contribution in [2.75, 3.05) is 0 Å². The summed E-state index contributed by atoms with van der Waals surface area (Å²) in [6, 6.07) is -1.67. The second-order valence-electron chi connectivity index (χ2n) is 4.71. The van der Waals surface area contributed by atoms with Gasteiger partial charge in [0, 0.05) is 12.1 Å². The van der Waals surface area contributed by atoms with Crippen molar-refractivity contribution in [1.82, 2.24) is 16.0 Å². The highest BCUT2D eigenvalue weighted by Gasteiger charge is 2.18. The standard InChI is InChI=1S/C12H23N3O4/c1-5-9(6-10(16)17)15-12(19)14-8(4)11(18)13-7(2)3/h7-9H,5-6H2,1-4H3,(H,13,18)(H,16,17)(H2,14,15,19). The first-order chi connectivity index (χ1) is 8.76. The van der Waals surface area contributed by atoms with E-state index in [1.165, 1.54) is 0 Å². The molecule has 0 aromatic heterocycles. The maximum atomic E-state index is 11.6. The van der Waals surface area contributed by atoms with E-state index in [4.69, 9.17) is 5.11 Å². The van der Waals surface area contributed by atoms with Gasteiger partial charge in [0.2, 0.25) is 5.91 Å². The van der Waals surface area contributed by atoms with Gasteiger partial charge in [0.25, 0.3) is 0 Å². The average Bonchev–Trinajstić information content (AvgIpc) is 2.26. The quantitative estimate of drug-likeness (QED) is 0.540. The van der Waals surface area contributed by atoms with Crippen molar-refractivity contribution >= 4 is 17.9 Å². The Morgan fingerprint density at radius 2 is 1.63 bits per heavy atom. The zero-order valence-electron chi connectivity index (χ0n) is 11.8. The Morgan fingerprint density at radius 3 is 2.05 bits per heavy atom. The molecule has 2 atom stereocenters. The lowest BCUT2D eigenvalue weighted by molar-refractivity contribution is -0.137. The van der Waals surface area contributed by atoms with Gasteiger partial charge in [0.1, 0.15) is 6.04 Å². The third-order valence-electron chi connectivity index (χ3n) is 2.42. The summed E-state index contributed by atoms with van der Waals surface area (Å²) in [6.07, 6.45) is 0.364. The molecule has 0 heterocycles. The number of carbonyl (C=O) groups is 3. The van der Waals surface area contributed by atoms with Crippen molar-refractivity contribution < 1.29 is 19.5 Å². The lowest BCUT2D eigenvalue weighted by Gasteiger charge is -2.19. The van der Waals surface area contributed by atoms with Gasteiger partial charge in [-0.3, -0.25) is 9.59 Å². The normalized spacial score (nSPS) is 13.5. The minimum Gasteiger partial charge on any atom is -0.481 e. The van der Waals surface area contributed by atoms with Crippen molar-refractivity contribution in [2.45, 2.75) is 58.7 Å². The van der Waals surface area contributed by atoms with Crippen LogP contribution in [-0.2, 0) is 9.59 Å². The van der Waals surface area contributed by atoms with Gasteiger partial charge < -0.3 is 21.1 Å². The number of rotatable bonds is 7. The molecule has 2 unspecified atom stereocenters. The van der Waals surface area contributed by atoms with Crippen LogP contribution in [0.25, 0.3) is 0 Å². The van der Waals surface area contributed by atoms with E-state index >= 15 is 0 Å². The number of aliphatic carboxylic acids is 1. The van der Waals surface area contributed by atoms with Gasteiger partial charge in [-0.2, -0.15) is 0 Å². The van der Waals surface area contributed by atoms with Crippen LogP contribution in [0.2, 0.25) is 0 Å². The third-order valence-corrected chi connectivity index (χ3v) is 2.42. The van der Waals surface area contributed by atoms with Crippen LogP contribution in [0.4, 0.5) is 4.79 Å². The molecule has 4 N–H and O–H groups in total. The van der Waals surface area contributed by atoms with Crippen molar-refractivity contribution in [1.29, 1.82) is 0 Å². The van der Waals surface area contributed by atoms with E-state index in [0.717, 1.165) is 0 Å². The number of carboxylic acid groups (broad SMARTS) is 1. The van der Waals surface area contributed by atoms with Gasteiger partial charge in [0.05, 0.1) is 6.42 Å². The summed E-state index contributed by atoms with van der Waals surface area (Å²) >= 11 is 0. The first kappa shape index (κ1) is 17.2. The Hall–Kier alpha value is -1.79. The van der Waals surface area contributed by atoms with Crippen molar-refractivity contribution in [3.63, 3.8) is 0 Å². The second-order valence-corrected chi connectivity index (χ2v) is 4.71. The van der Waals surface area contributed by atoms with E-state index in [0.29, 0.717) is 6.42 Å². The fourth-order valence-electron chi connectivity index (χ4n) is 1.41. The fraction of sp³-hybridized carbons (Fsp3) is 0.750. The van der Waals surface area contributed by atoms with Gasteiger partial charge in [-0.15, -0.1) is 0 Å². The van der Waals surface area contributed by atoms with E-state index in [1.807, 2.05) is 13.8 Å². The van der Waals surface area contributed by atoms with Crippen LogP contribution in [0.5, 0.6) is 0 Å². The fourth-order valence-corrected chi connectivity index (χ4v) is 1.41. The molecule has 0 rings (SSSR count). The molecular weight excluding hydrogens is 250 g/mol. The van der Waals surface area contributed by atoms with Gasteiger partial charge >= 0.3 is 12.0 Å². The minimum atomic E-state index is -0.974. The summed E-state index contributed by atoms with van der Waals surface area (Å²) in [6.45, 7) is 6.99. The van der Waals surface area contributed by atoms with Crippen LogP contribution in [0, 0.1) is 0 Å². The number of carbonyl (C=O) groups excluding carboxylic acids is 2. The number of urea groups is 1. The number of carboxylic acids is 1. The SMILES string of the molecule is CCC(CC(=O)O)NC(=O)NC(C)C(=O)NC(C)C. The molecule has 0 aliphatic carbocycles. The highest BCUT2D eigenvalue weighted by molar-refractivity contribution is 5.87. The molecular formula is C12H23N3O4. The Kier molecular flexibility index (Phi) is 7.55. The second kappa shape index (κ2) is 8.34. The largest absolute Gasteiger partial charge is 0.481 e. The molecule has 0 saturated heterocycles.